The Bertz CT molecular complexity index is 324. The molecule has 0 aliphatic heterocycles. The monoisotopic (exact) mass is 214 g/mol. The second-order valence-electron chi connectivity index (χ2n) is 3.89. The first kappa shape index (κ1) is 11.3. The molecule has 0 aromatic carbocycles. The minimum absolute atomic E-state index is 0.128. The highest BCUT2D eigenvalue weighted by molar-refractivity contribution is 7.24. The van der Waals surface area contributed by atoms with Crippen molar-refractivity contribution < 1.29 is 9.13 Å². The second-order valence-corrected chi connectivity index (χ2v) is 5.04. The van der Waals surface area contributed by atoms with E-state index in [1.54, 1.807) is 6.33 Å². The van der Waals surface area contributed by atoms with Crippen LogP contribution in [-0.2, 0) is 9.85 Å². The second kappa shape index (κ2) is 4.18. The molecular formula is C9H17N3OP+. The molecule has 0 saturated heterocycles. The van der Waals surface area contributed by atoms with Crippen LogP contribution < -0.4 is 4.57 Å². The summed E-state index contributed by atoms with van der Waals surface area (Å²) in [5.41, 5.74) is 0. The van der Waals surface area contributed by atoms with E-state index in [1.807, 2.05) is 29.4 Å². The van der Waals surface area contributed by atoms with Crippen molar-refractivity contribution in [1.29, 1.82) is 0 Å². The van der Waals surface area contributed by atoms with Gasteiger partial charge in [-0.3, -0.25) is 4.57 Å². The average Bonchev–Trinajstić information content (AvgIpc) is 2.66. The molecule has 0 amide bonds. The third-order valence-electron chi connectivity index (χ3n) is 2.50. The van der Waals surface area contributed by atoms with E-state index in [4.69, 9.17) is 0 Å². The predicted molar refractivity (Wildman–Crippen MR) is 54.4 cm³/mol. The van der Waals surface area contributed by atoms with Gasteiger partial charge in [-0.1, -0.05) is 6.92 Å². The molecule has 78 valence electrons. The van der Waals surface area contributed by atoms with Gasteiger partial charge >= 0.3 is 0 Å². The third-order valence-corrected chi connectivity index (χ3v) is 3.44. The first-order chi connectivity index (χ1) is 6.53. The van der Waals surface area contributed by atoms with Crippen LogP contribution in [0.2, 0.25) is 0 Å². The first-order valence-electron chi connectivity index (χ1n) is 4.84. The van der Waals surface area contributed by atoms with Crippen molar-refractivity contribution in [2.24, 2.45) is 0 Å². The van der Waals surface area contributed by atoms with E-state index in [1.165, 1.54) is 0 Å². The first-order valence-corrected chi connectivity index (χ1v) is 5.65. The molecule has 0 saturated carbocycles. The molecular weight excluding hydrogens is 197 g/mol. The van der Waals surface area contributed by atoms with Gasteiger partial charge in [0.25, 0.3) is 6.33 Å². The molecule has 4 nitrogen and oxygen atoms in total. The Labute approximate surface area is 86.1 Å². The fraction of sp³-hybridized carbons (Fsp3) is 0.778. The van der Waals surface area contributed by atoms with Gasteiger partial charge in [0.2, 0.25) is 6.33 Å². The maximum Gasteiger partial charge on any atom is 0.266 e. The zero-order valence-corrected chi connectivity index (χ0v) is 10.0. The van der Waals surface area contributed by atoms with Crippen LogP contribution in [0.4, 0.5) is 0 Å². The highest BCUT2D eigenvalue weighted by Crippen LogP contribution is 2.25. The van der Waals surface area contributed by atoms with Gasteiger partial charge in [-0.2, -0.15) is 0 Å². The summed E-state index contributed by atoms with van der Waals surface area (Å²) in [5.74, 6) is 0. The van der Waals surface area contributed by atoms with Crippen molar-refractivity contribution in [3.8, 4) is 0 Å². The number of rotatable bonds is 4. The number of aromatic nitrogens is 3. The minimum Gasteiger partial charge on any atom is -0.271 e. The lowest BCUT2D eigenvalue weighted by molar-refractivity contribution is -0.737. The molecule has 0 aliphatic rings. The van der Waals surface area contributed by atoms with Crippen LogP contribution in [0.1, 0.15) is 40.2 Å². The highest BCUT2D eigenvalue weighted by Gasteiger charge is 2.30. The van der Waals surface area contributed by atoms with Crippen molar-refractivity contribution in [3.05, 3.63) is 12.7 Å². The van der Waals surface area contributed by atoms with E-state index >= 15 is 0 Å². The van der Waals surface area contributed by atoms with Gasteiger partial charge in [0.1, 0.15) is 6.04 Å². The summed E-state index contributed by atoms with van der Waals surface area (Å²) >= 11 is 0. The fourth-order valence-electron chi connectivity index (χ4n) is 1.11. The maximum absolute atomic E-state index is 11.1. The summed E-state index contributed by atoms with van der Waals surface area (Å²) in [5, 5.41) is 3.85. The Kier molecular flexibility index (Phi) is 3.38. The van der Waals surface area contributed by atoms with Gasteiger partial charge in [0.15, 0.2) is 13.7 Å². The molecule has 1 rings (SSSR count). The zero-order valence-electron chi connectivity index (χ0n) is 9.14. The normalized spacial score (nSPS) is 16.1. The summed E-state index contributed by atoms with van der Waals surface area (Å²) in [6.07, 6.45) is 4.44. The Balaban J connectivity index is 3.01. The van der Waals surface area contributed by atoms with Gasteiger partial charge in [-0.05, 0) is 27.2 Å². The summed E-state index contributed by atoms with van der Waals surface area (Å²) in [6.45, 7) is 8.10. The van der Waals surface area contributed by atoms with Crippen molar-refractivity contribution in [2.45, 2.75) is 45.4 Å². The van der Waals surface area contributed by atoms with E-state index < -0.39 is 0 Å². The number of hydrogen-bond acceptors (Lipinski definition) is 2. The molecule has 1 unspecified atom stereocenters. The van der Waals surface area contributed by atoms with Crippen molar-refractivity contribution in [2.75, 3.05) is 0 Å². The van der Waals surface area contributed by atoms with Gasteiger partial charge in [-0.15, -0.1) is 4.68 Å². The minimum atomic E-state index is -0.368. The molecule has 0 spiro atoms. The molecule has 0 N–H and O–H groups in total. The lowest BCUT2D eigenvalue weighted by atomic mass is 10.2. The molecule has 1 heterocycles. The molecule has 1 aromatic rings. The molecule has 1 atom stereocenters. The van der Waals surface area contributed by atoms with Gasteiger partial charge in [-0.25, -0.2) is 4.57 Å². The van der Waals surface area contributed by atoms with Crippen LogP contribution in [-0.4, -0.2) is 9.78 Å². The van der Waals surface area contributed by atoms with Crippen molar-refractivity contribution in [3.63, 3.8) is 0 Å². The molecule has 0 radical (unpaired) electrons. The van der Waals surface area contributed by atoms with Crippen LogP contribution in [0.25, 0.3) is 0 Å². The Morgan fingerprint density at radius 3 is 2.64 bits per heavy atom. The smallest absolute Gasteiger partial charge is 0.266 e. The summed E-state index contributed by atoms with van der Waals surface area (Å²) in [6, 6.07) is 0.334. The molecule has 0 bridgehead atoms. The van der Waals surface area contributed by atoms with Gasteiger partial charge in [0.05, 0.1) is 0 Å². The quantitative estimate of drug-likeness (QED) is 0.569. The molecule has 1 aromatic heterocycles. The van der Waals surface area contributed by atoms with Crippen LogP contribution >= 0.6 is 8.46 Å². The molecule has 14 heavy (non-hydrogen) atoms. The topological polar surface area (TPSA) is 38.8 Å². The lowest BCUT2D eigenvalue weighted by Crippen LogP contribution is -2.48. The summed E-state index contributed by atoms with van der Waals surface area (Å²) in [4.78, 5) is 0. The van der Waals surface area contributed by atoms with E-state index in [0.29, 0.717) is 6.04 Å². The largest absolute Gasteiger partial charge is 0.271 e. The number of nitrogens with zero attached hydrogens (tertiary/aromatic N) is 3. The molecule has 0 aliphatic carbocycles. The Morgan fingerprint density at radius 2 is 2.29 bits per heavy atom. The molecule has 0 fully saturated rings. The average molecular weight is 214 g/mol. The third kappa shape index (κ3) is 2.01. The van der Waals surface area contributed by atoms with E-state index in [9.17, 15) is 4.57 Å². The maximum atomic E-state index is 11.1. The van der Waals surface area contributed by atoms with Gasteiger partial charge in [0, 0.05) is 5.10 Å². The van der Waals surface area contributed by atoms with Crippen molar-refractivity contribution in [1.82, 2.24) is 9.78 Å². The van der Waals surface area contributed by atoms with E-state index in [-0.39, 0.29) is 13.7 Å². The Morgan fingerprint density at radius 1 is 1.64 bits per heavy atom. The van der Waals surface area contributed by atoms with E-state index in [0.717, 1.165) is 6.42 Å². The highest BCUT2D eigenvalue weighted by atomic mass is 31.1. The molecule has 5 heteroatoms. The van der Waals surface area contributed by atoms with Crippen LogP contribution in [0.15, 0.2) is 12.7 Å². The predicted octanol–water partition coefficient (Wildman–Crippen LogP) is 2.13. The van der Waals surface area contributed by atoms with Crippen LogP contribution in [0.3, 0.4) is 0 Å². The van der Waals surface area contributed by atoms with Crippen LogP contribution in [0.5, 0.6) is 0 Å². The zero-order chi connectivity index (χ0) is 10.8. The number of hydrogen-bond donors (Lipinski definition) is 0. The SMILES string of the molecule is CCC(C)(P=O)[n+]1cnn(C(C)C)c1. The summed E-state index contributed by atoms with van der Waals surface area (Å²) in [7, 11) is 0.128. The Hall–Kier alpha value is -0.760. The van der Waals surface area contributed by atoms with Crippen LogP contribution in [0, 0.1) is 0 Å². The summed E-state index contributed by atoms with van der Waals surface area (Å²) < 4.78 is 14.8. The van der Waals surface area contributed by atoms with E-state index in [2.05, 4.69) is 18.9 Å². The fourth-order valence-corrected chi connectivity index (χ4v) is 1.44. The standard InChI is InChI=1S/C9H17N3OP/c1-5-9(4,14-13)11-6-10-12(7-11)8(2)3/h6-8H,5H2,1-4H3/q+1. The van der Waals surface area contributed by atoms with Crippen molar-refractivity contribution >= 4 is 8.46 Å². The lowest BCUT2D eigenvalue weighted by Gasteiger charge is -2.15. The van der Waals surface area contributed by atoms with Gasteiger partial charge < -0.3 is 0 Å².